The number of amides is 2. The first kappa shape index (κ1) is 26.6. The summed E-state index contributed by atoms with van der Waals surface area (Å²) in [6.07, 6.45) is 2.63. The fraction of sp³-hybridized carbons (Fsp3) is 0.429. The van der Waals surface area contributed by atoms with Crippen LogP contribution in [0.15, 0.2) is 34.1 Å². The third-order valence-corrected chi connectivity index (χ3v) is 5.01. The largest absolute Gasteiger partial charge is 0.502 e. The number of likely N-dealkylation sites (N-methyl/N-ethyl adjacent to an activating group) is 1. The maximum Gasteiger partial charge on any atom is 0.293 e. The van der Waals surface area contributed by atoms with Crippen molar-refractivity contribution in [3.8, 4) is 11.5 Å². The molecule has 2 aromatic rings. The molecular weight excluding hydrogens is 450 g/mol. The van der Waals surface area contributed by atoms with E-state index in [1.807, 2.05) is 0 Å². The van der Waals surface area contributed by atoms with Crippen LogP contribution in [0.2, 0.25) is 0 Å². The van der Waals surface area contributed by atoms with E-state index in [0.29, 0.717) is 13.1 Å². The maximum atomic E-state index is 12.2. The normalized spacial score (nSPS) is 10.9. The fourth-order valence-electron chi connectivity index (χ4n) is 3.08. The number of aliphatic hydroxyl groups excluding tert-OH is 2. The second kappa shape index (κ2) is 12.5. The molecule has 34 heavy (non-hydrogen) atoms. The van der Waals surface area contributed by atoms with Gasteiger partial charge in [0.05, 0.1) is 24.3 Å². The first-order valence-electron chi connectivity index (χ1n) is 10.5. The highest BCUT2D eigenvalue weighted by Crippen LogP contribution is 2.11. The van der Waals surface area contributed by atoms with E-state index in [4.69, 9.17) is 10.2 Å². The second-order valence-electron chi connectivity index (χ2n) is 7.42. The molecule has 186 valence electrons. The number of nitrogens with one attached hydrogen (secondary N) is 2. The van der Waals surface area contributed by atoms with Gasteiger partial charge in [-0.1, -0.05) is 0 Å². The molecule has 0 aliphatic carbocycles. The Hall–Kier alpha value is -3.68. The van der Waals surface area contributed by atoms with E-state index in [9.17, 15) is 29.4 Å². The standard InChI is InChI=1S/C21H29N5O8/c1-24(8-4-22-18(31)14-2-6-25(10-12-27)20(33)16(14)29)9-5-23-19(32)15-3-7-26(11-13-28)21(34)17(15)30/h2-3,6-7,27-30H,4-5,8-13H2,1H3,(H,22,31)(H,23,32). The van der Waals surface area contributed by atoms with Crippen molar-refractivity contribution >= 4 is 11.8 Å². The van der Waals surface area contributed by atoms with Crippen LogP contribution in [0.3, 0.4) is 0 Å². The molecule has 0 aliphatic rings. The van der Waals surface area contributed by atoms with Crippen LogP contribution in [0.25, 0.3) is 0 Å². The van der Waals surface area contributed by atoms with E-state index in [0.717, 1.165) is 9.13 Å². The van der Waals surface area contributed by atoms with Gasteiger partial charge < -0.3 is 45.1 Å². The van der Waals surface area contributed by atoms with Gasteiger partial charge in [0.15, 0.2) is 11.5 Å². The van der Waals surface area contributed by atoms with E-state index in [1.165, 1.54) is 24.5 Å². The first-order valence-corrected chi connectivity index (χ1v) is 10.5. The van der Waals surface area contributed by atoms with Gasteiger partial charge >= 0.3 is 0 Å². The number of hydrogen-bond donors (Lipinski definition) is 6. The number of aromatic hydroxyl groups is 2. The molecule has 2 aromatic heterocycles. The SMILES string of the molecule is CN(CCNC(=O)c1ccn(CCO)c(=O)c1O)CCNC(=O)c1ccn(CCO)c(=O)c1O. The van der Waals surface area contributed by atoms with Crippen LogP contribution in [0.1, 0.15) is 20.7 Å². The Bertz CT molecular complexity index is 1040. The average Bonchev–Trinajstić information content (AvgIpc) is 2.80. The quantitative estimate of drug-likeness (QED) is 0.191. The zero-order valence-corrected chi connectivity index (χ0v) is 18.7. The van der Waals surface area contributed by atoms with Crippen molar-refractivity contribution in [2.75, 3.05) is 46.4 Å². The summed E-state index contributed by atoms with van der Waals surface area (Å²) < 4.78 is 2.18. The lowest BCUT2D eigenvalue weighted by Gasteiger charge is -2.17. The molecule has 0 aromatic carbocycles. The minimum atomic E-state index is -0.772. The van der Waals surface area contributed by atoms with E-state index >= 15 is 0 Å². The summed E-state index contributed by atoms with van der Waals surface area (Å²) in [7, 11) is 1.75. The lowest BCUT2D eigenvalue weighted by atomic mass is 10.2. The third-order valence-electron chi connectivity index (χ3n) is 5.01. The highest BCUT2D eigenvalue weighted by molar-refractivity contribution is 5.97. The van der Waals surface area contributed by atoms with Crippen LogP contribution < -0.4 is 21.8 Å². The summed E-state index contributed by atoms with van der Waals surface area (Å²) in [6.45, 7) is 0.628. The Labute approximate surface area is 194 Å². The molecule has 0 saturated heterocycles. The minimum Gasteiger partial charge on any atom is -0.502 e. The van der Waals surface area contributed by atoms with Gasteiger partial charge in [-0.3, -0.25) is 19.2 Å². The monoisotopic (exact) mass is 479 g/mol. The molecular formula is C21H29N5O8. The van der Waals surface area contributed by atoms with Gasteiger partial charge in [-0.25, -0.2) is 0 Å². The zero-order chi connectivity index (χ0) is 25.3. The van der Waals surface area contributed by atoms with Crippen molar-refractivity contribution in [3.05, 3.63) is 56.4 Å². The highest BCUT2D eigenvalue weighted by Gasteiger charge is 2.17. The van der Waals surface area contributed by atoms with Crippen LogP contribution in [-0.2, 0) is 13.1 Å². The summed E-state index contributed by atoms with van der Waals surface area (Å²) in [5, 5.41) is 42.9. The molecule has 6 N–H and O–H groups in total. The number of aliphatic hydroxyl groups is 2. The molecule has 13 nitrogen and oxygen atoms in total. The lowest BCUT2D eigenvalue weighted by molar-refractivity contribution is 0.0944. The molecule has 0 spiro atoms. The molecule has 0 aliphatic heterocycles. The summed E-state index contributed by atoms with van der Waals surface area (Å²) in [5.41, 5.74) is -1.89. The Morgan fingerprint density at radius 1 is 0.824 bits per heavy atom. The molecule has 2 amide bonds. The van der Waals surface area contributed by atoms with Gasteiger partial charge in [-0.05, 0) is 19.2 Å². The first-order chi connectivity index (χ1) is 16.2. The summed E-state index contributed by atoms with van der Waals surface area (Å²) >= 11 is 0. The second-order valence-corrected chi connectivity index (χ2v) is 7.42. The number of carbonyl (C=O) groups excluding carboxylic acids is 2. The Kier molecular flexibility index (Phi) is 9.79. The number of nitrogens with zero attached hydrogens (tertiary/aromatic N) is 3. The number of carbonyl (C=O) groups is 2. The fourth-order valence-corrected chi connectivity index (χ4v) is 3.08. The Morgan fingerprint density at radius 3 is 1.56 bits per heavy atom. The van der Waals surface area contributed by atoms with E-state index < -0.39 is 34.4 Å². The van der Waals surface area contributed by atoms with E-state index in [-0.39, 0.29) is 50.5 Å². The number of rotatable bonds is 12. The summed E-state index contributed by atoms with van der Waals surface area (Å²) in [5.74, 6) is -2.65. The van der Waals surface area contributed by atoms with E-state index in [1.54, 1.807) is 11.9 Å². The Balaban J connectivity index is 1.80. The average molecular weight is 479 g/mol. The third kappa shape index (κ3) is 6.66. The van der Waals surface area contributed by atoms with Crippen molar-refractivity contribution in [1.82, 2.24) is 24.7 Å². The molecule has 0 bridgehead atoms. The van der Waals surface area contributed by atoms with Crippen LogP contribution in [0.4, 0.5) is 0 Å². The molecule has 0 unspecified atom stereocenters. The summed E-state index contributed by atoms with van der Waals surface area (Å²) in [4.78, 5) is 50.2. The van der Waals surface area contributed by atoms with Crippen molar-refractivity contribution in [2.45, 2.75) is 13.1 Å². The molecule has 13 heteroatoms. The molecule has 0 atom stereocenters. The van der Waals surface area contributed by atoms with Gasteiger partial charge in [0.25, 0.3) is 22.9 Å². The summed E-state index contributed by atoms with van der Waals surface area (Å²) in [6, 6.07) is 2.58. The number of aromatic nitrogens is 2. The van der Waals surface area contributed by atoms with Gasteiger partial charge in [0.1, 0.15) is 0 Å². The molecule has 2 rings (SSSR count). The molecule has 0 saturated carbocycles. The van der Waals surface area contributed by atoms with Crippen LogP contribution in [0.5, 0.6) is 11.5 Å². The van der Waals surface area contributed by atoms with E-state index in [2.05, 4.69) is 10.6 Å². The van der Waals surface area contributed by atoms with Crippen LogP contribution in [0, 0.1) is 0 Å². The van der Waals surface area contributed by atoms with Crippen molar-refractivity contribution in [1.29, 1.82) is 0 Å². The van der Waals surface area contributed by atoms with Gasteiger partial charge in [0, 0.05) is 51.7 Å². The maximum absolute atomic E-state index is 12.2. The molecule has 0 fully saturated rings. The lowest BCUT2D eigenvalue weighted by Crippen LogP contribution is -2.38. The molecule has 0 radical (unpaired) electrons. The van der Waals surface area contributed by atoms with Crippen molar-refractivity contribution in [3.63, 3.8) is 0 Å². The highest BCUT2D eigenvalue weighted by atomic mass is 16.3. The van der Waals surface area contributed by atoms with Gasteiger partial charge in [-0.15, -0.1) is 0 Å². The smallest absolute Gasteiger partial charge is 0.293 e. The van der Waals surface area contributed by atoms with Gasteiger partial charge in [0.2, 0.25) is 0 Å². The number of hydrogen-bond acceptors (Lipinski definition) is 9. The van der Waals surface area contributed by atoms with Crippen LogP contribution in [-0.4, -0.2) is 92.7 Å². The predicted molar refractivity (Wildman–Crippen MR) is 121 cm³/mol. The Morgan fingerprint density at radius 2 is 1.21 bits per heavy atom. The zero-order valence-electron chi connectivity index (χ0n) is 18.7. The molecule has 2 heterocycles. The number of pyridine rings is 2. The topological polar surface area (TPSA) is 186 Å². The minimum absolute atomic E-state index is 0.00127. The van der Waals surface area contributed by atoms with Crippen LogP contribution >= 0.6 is 0 Å². The van der Waals surface area contributed by atoms with Crippen molar-refractivity contribution in [2.24, 2.45) is 0 Å². The van der Waals surface area contributed by atoms with Gasteiger partial charge in [-0.2, -0.15) is 0 Å². The van der Waals surface area contributed by atoms with Crippen molar-refractivity contribution < 1.29 is 30.0 Å². The predicted octanol–water partition coefficient (Wildman–Crippen LogP) is -2.50.